The van der Waals surface area contributed by atoms with Crippen molar-refractivity contribution in [3.8, 4) is 11.4 Å². The fourth-order valence-corrected chi connectivity index (χ4v) is 3.01. The molecule has 0 saturated carbocycles. The Balaban J connectivity index is 2.16. The number of ether oxygens (including phenoxy) is 1. The van der Waals surface area contributed by atoms with Gasteiger partial charge in [0, 0.05) is 13.1 Å². The third-order valence-electron chi connectivity index (χ3n) is 4.88. The molecule has 0 aliphatic rings. The number of carbonyl (C=O) groups excluding carboxylic acids is 1. The fraction of sp³-hybridized carbons (Fsp3) is 0.286. The third kappa shape index (κ3) is 5.16. The second-order valence-corrected chi connectivity index (χ2v) is 7.44. The van der Waals surface area contributed by atoms with Crippen molar-refractivity contribution in [3.63, 3.8) is 0 Å². The Hall–Kier alpha value is -3.81. The first-order valence-electron chi connectivity index (χ1n) is 9.89. The van der Waals surface area contributed by atoms with Crippen molar-refractivity contribution in [3.05, 3.63) is 69.7 Å². The molecule has 2 atom stereocenters. The van der Waals surface area contributed by atoms with E-state index in [0.29, 0.717) is 23.7 Å². The van der Waals surface area contributed by atoms with Gasteiger partial charge < -0.3 is 15.2 Å². The lowest BCUT2D eigenvalue weighted by atomic mass is 10.1. The topological polar surface area (TPSA) is 98.4 Å². The molecule has 0 saturated heterocycles. The Bertz CT molecular complexity index is 1310. The van der Waals surface area contributed by atoms with Gasteiger partial charge in [-0.2, -0.15) is 17.9 Å². The van der Waals surface area contributed by atoms with E-state index in [2.05, 4.69) is 5.10 Å². The van der Waals surface area contributed by atoms with Gasteiger partial charge in [0.1, 0.15) is 40.7 Å². The number of halogens is 6. The number of nitrogens with one attached hydrogen (secondary N) is 1. The second kappa shape index (κ2) is 9.44. The molecule has 3 aromatic rings. The number of carbonyl (C=O) groups is 1. The zero-order chi connectivity index (χ0) is 26.2. The quantitative estimate of drug-likeness (QED) is 0.500. The lowest BCUT2D eigenvalue weighted by Crippen LogP contribution is -2.32. The number of nitrogens with zero attached hydrogens (tertiary/aromatic N) is 3. The molecule has 1 aromatic heterocycles. The van der Waals surface area contributed by atoms with Gasteiger partial charge >= 0.3 is 11.9 Å². The summed E-state index contributed by atoms with van der Waals surface area (Å²) in [4.78, 5) is 25.2. The van der Waals surface area contributed by atoms with Crippen molar-refractivity contribution in [2.24, 2.45) is 7.05 Å². The van der Waals surface area contributed by atoms with E-state index in [1.165, 1.54) is 14.0 Å². The van der Waals surface area contributed by atoms with Crippen LogP contribution in [0.4, 0.5) is 32.0 Å². The fourth-order valence-electron chi connectivity index (χ4n) is 3.01. The molecule has 0 radical (unpaired) electrons. The van der Waals surface area contributed by atoms with Crippen molar-refractivity contribution in [2.45, 2.75) is 32.2 Å². The van der Waals surface area contributed by atoms with E-state index < -0.39 is 70.1 Å². The molecule has 188 valence electrons. The average molecular weight is 504 g/mol. The molecular formula is C21H18F6N4O4. The van der Waals surface area contributed by atoms with Gasteiger partial charge in [-0.05, 0) is 32.0 Å². The van der Waals surface area contributed by atoms with Crippen molar-refractivity contribution >= 4 is 11.6 Å². The number of amides is 1. The van der Waals surface area contributed by atoms with Crippen molar-refractivity contribution in [1.29, 1.82) is 0 Å². The van der Waals surface area contributed by atoms with Crippen LogP contribution in [0, 0.1) is 17.5 Å². The minimum absolute atomic E-state index is 0.183. The summed E-state index contributed by atoms with van der Waals surface area (Å²) in [6.45, 7) is 1.89. The number of benzene rings is 2. The predicted molar refractivity (Wildman–Crippen MR) is 110 cm³/mol. The van der Waals surface area contributed by atoms with E-state index in [1.54, 1.807) is 0 Å². The minimum Gasteiger partial charge on any atom is -0.480 e. The van der Waals surface area contributed by atoms with E-state index >= 15 is 0 Å². The maximum Gasteiger partial charge on any atom is 0.425 e. The van der Waals surface area contributed by atoms with Crippen LogP contribution in [0.2, 0.25) is 0 Å². The number of aliphatic hydroxyl groups excluding tert-OH is 1. The smallest absolute Gasteiger partial charge is 0.425 e. The van der Waals surface area contributed by atoms with Gasteiger partial charge in [-0.25, -0.2) is 18.0 Å². The van der Waals surface area contributed by atoms with Crippen LogP contribution in [-0.4, -0.2) is 37.6 Å². The number of hydrogen-bond donors (Lipinski definition) is 2. The molecule has 8 nitrogen and oxygen atoms in total. The molecule has 0 aliphatic heterocycles. The number of rotatable bonds is 6. The molecule has 2 aromatic carbocycles. The number of anilines is 1. The van der Waals surface area contributed by atoms with Crippen LogP contribution >= 0.6 is 0 Å². The van der Waals surface area contributed by atoms with Crippen LogP contribution in [0.25, 0.3) is 5.69 Å². The lowest BCUT2D eigenvalue weighted by molar-refractivity contribution is -0.189. The maximum atomic E-state index is 15.0. The Kier molecular flexibility index (Phi) is 6.96. The van der Waals surface area contributed by atoms with Gasteiger partial charge in [-0.1, -0.05) is 6.07 Å². The van der Waals surface area contributed by atoms with E-state index in [1.807, 2.05) is 5.32 Å². The van der Waals surface area contributed by atoms with E-state index in [0.717, 1.165) is 22.8 Å². The van der Waals surface area contributed by atoms with Crippen LogP contribution in [-0.2, 0) is 7.05 Å². The highest BCUT2D eigenvalue weighted by Crippen LogP contribution is 2.31. The van der Waals surface area contributed by atoms with E-state index in [9.17, 15) is 41.0 Å². The summed E-state index contributed by atoms with van der Waals surface area (Å²) in [6.07, 6.45) is -8.65. The molecule has 0 bridgehead atoms. The average Bonchev–Trinajstić information content (AvgIpc) is 3.05. The minimum atomic E-state index is -4.90. The molecule has 0 fully saturated rings. The number of aliphatic hydroxyl groups is 1. The zero-order valence-corrected chi connectivity index (χ0v) is 18.3. The molecule has 2 N–H and O–H groups in total. The molecular weight excluding hydrogens is 486 g/mol. The molecule has 0 spiro atoms. The molecule has 35 heavy (non-hydrogen) atoms. The standard InChI is InChI=1S/C21H18F6N4O4/c1-9(32)18-29-31(20(34)30(18)3)15-8-16(35-10(2)21(25,26)27)11(7-14(15)24)19(33)28-17-12(22)5-4-6-13(17)23/h4-10,32H,1-3H3,(H,28,33)/t9?,10-/m0/s1. The van der Waals surface area contributed by atoms with Crippen molar-refractivity contribution < 1.29 is 41.0 Å². The van der Waals surface area contributed by atoms with Gasteiger partial charge in [0.05, 0.1) is 5.56 Å². The number of hydrogen-bond acceptors (Lipinski definition) is 5. The lowest BCUT2D eigenvalue weighted by Gasteiger charge is -2.20. The highest BCUT2D eigenvalue weighted by Gasteiger charge is 2.39. The van der Waals surface area contributed by atoms with Gasteiger partial charge in [-0.3, -0.25) is 9.36 Å². The highest BCUT2D eigenvalue weighted by atomic mass is 19.4. The van der Waals surface area contributed by atoms with Crippen LogP contribution in [0.3, 0.4) is 0 Å². The van der Waals surface area contributed by atoms with Gasteiger partial charge in [-0.15, -0.1) is 5.10 Å². The van der Waals surface area contributed by atoms with Crippen LogP contribution < -0.4 is 15.7 Å². The first-order valence-corrected chi connectivity index (χ1v) is 9.89. The summed E-state index contributed by atoms with van der Waals surface area (Å²) >= 11 is 0. The van der Waals surface area contributed by atoms with Crippen LogP contribution in [0.15, 0.2) is 35.1 Å². The summed E-state index contributed by atoms with van der Waals surface area (Å²) in [5, 5.41) is 15.3. The Morgan fingerprint density at radius 1 is 1.11 bits per heavy atom. The summed E-state index contributed by atoms with van der Waals surface area (Å²) < 4.78 is 88.4. The van der Waals surface area contributed by atoms with Crippen molar-refractivity contribution in [1.82, 2.24) is 14.3 Å². The summed E-state index contributed by atoms with van der Waals surface area (Å²) in [5.74, 6) is -6.09. The first kappa shape index (κ1) is 25.8. The number of aromatic nitrogens is 3. The molecule has 1 amide bonds. The van der Waals surface area contributed by atoms with Crippen molar-refractivity contribution in [2.75, 3.05) is 5.32 Å². The largest absolute Gasteiger partial charge is 0.480 e. The zero-order valence-electron chi connectivity index (χ0n) is 18.3. The van der Waals surface area contributed by atoms with E-state index in [4.69, 9.17) is 4.74 Å². The summed E-state index contributed by atoms with van der Waals surface area (Å²) in [6, 6.07) is 3.70. The summed E-state index contributed by atoms with van der Waals surface area (Å²) in [5.41, 5.74) is -3.42. The van der Waals surface area contributed by atoms with E-state index in [-0.39, 0.29) is 5.82 Å². The maximum absolute atomic E-state index is 15.0. The Labute approximate surface area is 193 Å². The first-order chi connectivity index (χ1) is 16.2. The highest BCUT2D eigenvalue weighted by molar-refractivity contribution is 6.06. The number of alkyl halides is 3. The summed E-state index contributed by atoms with van der Waals surface area (Å²) in [7, 11) is 1.22. The van der Waals surface area contributed by atoms with Crippen LogP contribution in [0.5, 0.6) is 5.75 Å². The van der Waals surface area contributed by atoms with Gasteiger partial charge in [0.2, 0.25) is 0 Å². The SMILES string of the molecule is CC(O)c1nn(-c2cc(O[C@@H](C)C(F)(F)F)c(C(=O)Nc3c(F)cccc3F)cc2F)c(=O)n1C. The molecule has 0 aliphatic carbocycles. The number of para-hydroxylation sites is 1. The third-order valence-corrected chi connectivity index (χ3v) is 4.88. The van der Waals surface area contributed by atoms with Crippen LogP contribution in [0.1, 0.15) is 36.1 Å². The van der Waals surface area contributed by atoms with Gasteiger partial charge in [0.25, 0.3) is 5.91 Å². The van der Waals surface area contributed by atoms with Gasteiger partial charge in [0.15, 0.2) is 11.9 Å². The molecule has 1 unspecified atom stereocenters. The molecule has 3 rings (SSSR count). The Morgan fingerprint density at radius 2 is 1.71 bits per heavy atom. The second-order valence-electron chi connectivity index (χ2n) is 7.44. The molecule has 14 heteroatoms. The Morgan fingerprint density at radius 3 is 2.23 bits per heavy atom. The predicted octanol–water partition coefficient (Wildman–Crippen LogP) is 3.62. The normalized spacial score (nSPS) is 13.4. The molecule has 1 heterocycles. The monoisotopic (exact) mass is 504 g/mol.